The first-order valence-electron chi connectivity index (χ1n) is 5.95. The van der Waals surface area contributed by atoms with Crippen molar-refractivity contribution in [2.75, 3.05) is 11.9 Å². The predicted molar refractivity (Wildman–Crippen MR) is 70.2 cm³/mol. The maximum absolute atomic E-state index is 11.7. The molecule has 5 nitrogen and oxygen atoms in total. The molecule has 96 valence electrons. The number of carbonyl (C=O) groups excluding carboxylic acids is 1. The summed E-state index contributed by atoms with van der Waals surface area (Å²) in [5.74, 6) is 0.759. The SMILES string of the molecule is Cc1nc2ccc(NC(=O)CC(C)CN)cc2o1. The van der Waals surface area contributed by atoms with Gasteiger partial charge in [0.25, 0.3) is 0 Å². The standard InChI is InChI=1S/C13H17N3O2/c1-8(7-14)5-13(17)16-10-3-4-11-12(6-10)18-9(2)15-11/h3-4,6,8H,5,7,14H2,1-2H3,(H,16,17). The number of nitrogens with zero attached hydrogens (tertiary/aromatic N) is 1. The molecule has 1 atom stereocenters. The summed E-state index contributed by atoms with van der Waals surface area (Å²) in [4.78, 5) is 15.9. The van der Waals surface area contributed by atoms with Crippen LogP contribution < -0.4 is 11.1 Å². The van der Waals surface area contributed by atoms with Gasteiger partial charge in [0, 0.05) is 25.1 Å². The van der Waals surface area contributed by atoms with Crippen LogP contribution in [0.1, 0.15) is 19.2 Å². The second kappa shape index (κ2) is 5.18. The molecule has 0 saturated carbocycles. The van der Waals surface area contributed by atoms with Crippen LogP contribution in [0.15, 0.2) is 22.6 Å². The van der Waals surface area contributed by atoms with Crippen molar-refractivity contribution in [1.82, 2.24) is 4.98 Å². The lowest BCUT2D eigenvalue weighted by Gasteiger charge is -2.08. The summed E-state index contributed by atoms with van der Waals surface area (Å²) in [7, 11) is 0. The molecule has 0 spiro atoms. The van der Waals surface area contributed by atoms with Gasteiger partial charge in [-0.3, -0.25) is 4.79 Å². The van der Waals surface area contributed by atoms with Gasteiger partial charge in [-0.1, -0.05) is 6.92 Å². The number of amides is 1. The van der Waals surface area contributed by atoms with E-state index in [0.717, 1.165) is 5.52 Å². The number of aryl methyl sites for hydroxylation is 1. The Bertz CT molecular complexity index is 562. The van der Waals surface area contributed by atoms with E-state index in [2.05, 4.69) is 10.3 Å². The van der Waals surface area contributed by atoms with Crippen molar-refractivity contribution in [2.45, 2.75) is 20.3 Å². The van der Waals surface area contributed by atoms with Crippen molar-refractivity contribution in [3.05, 3.63) is 24.1 Å². The van der Waals surface area contributed by atoms with Gasteiger partial charge in [-0.2, -0.15) is 0 Å². The van der Waals surface area contributed by atoms with E-state index < -0.39 is 0 Å². The predicted octanol–water partition coefficient (Wildman–Crippen LogP) is 2.06. The molecule has 0 aliphatic carbocycles. The maximum atomic E-state index is 11.7. The lowest BCUT2D eigenvalue weighted by atomic mass is 10.1. The minimum Gasteiger partial charge on any atom is -0.441 e. The fraction of sp³-hybridized carbons (Fsp3) is 0.385. The van der Waals surface area contributed by atoms with Crippen molar-refractivity contribution in [3.63, 3.8) is 0 Å². The van der Waals surface area contributed by atoms with Crippen LogP contribution >= 0.6 is 0 Å². The Labute approximate surface area is 105 Å². The number of hydrogen-bond donors (Lipinski definition) is 2. The zero-order chi connectivity index (χ0) is 13.1. The summed E-state index contributed by atoms with van der Waals surface area (Å²) in [6.07, 6.45) is 0.421. The highest BCUT2D eigenvalue weighted by Gasteiger charge is 2.09. The molecule has 5 heteroatoms. The molecular formula is C13H17N3O2. The Kier molecular flexibility index (Phi) is 3.62. The summed E-state index contributed by atoms with van der Waals surface area (Å²) in [5.41, 5.74) is 7.67. The number of carbonyl (C=O) groups is 1. The van der Waals surface area contributed by atoms with Gasteiger partial charge in [0.2, 0.25) is 5.91 Å². The summed E-state index contributed by atoms with van der Waals surface area (Å²) >= 11 is 0. The lowest BCUT2D eigenvalue weighted by molar-refractivity contribution is -0.116. The van der Waals surface area contributed by atoms with Crippen LogP contribution in [-0.4, -0.2) is 17.4 Å². The minimum absolute atomic E-state index is 0.0384. The van der Waals surface area contributed by atoms with E-state index in [1.54, 1.807) is 13.0 Å². The van der Waals surface area contributed by atoms with Crippen LogP contribution in [-0.2, 0) is 4.79 Å². The largest absolute Gasteiger partial charge is 0.441 e. The molecule has 0 aliphatic rings. The molecule has 1 aromatic heterocycles. The van der Waals surface area contributed by atoms with Gasteiger partial charge in [-0.25, -0.2) is 4.98 Å². The third-order valence-corrected chi connectivity index (χ3v) is 2.72. The first-order valence-corrected chi connectivity index (χ1v) is 5.95. The highest BCUT2D eigenvalue weighted by atomic mass is 16.3. The highest BCUT2D eigenvalue weighted by molar-refractivity contribution is 5.92. The number of rotatable bonds is 4. The summed E-state index contributed by atoms with van der Waals surface area (Å²) < 4.78 is 5.41. The molecule has 0 bridgehead atoms. The number of nitrogens with one attached hydrogen (secondary N) is 1. The highest BCUT2D eigenvalue weighted by Crippen LogP contribution is 2.20. The quantitative estimate of drug-likeness (QED) is 0.866. The topological polar surface area (TPSA) is 81.2 Å². The number of hydrogen-bond acceptors (Lipinski definition) is 4. The summed E-state index contributed by atoms with van der Waals surface area (Å²) in [6, 6.07) is 5.42. The molecule has 0 radical (unpaired) electrons. The number of nitrogens with two attached hydrogens (primary N) is 1. The first kappa shape index (κ1) is 12.6. The number of aromatic nitrogens is 1. The maximum Gasteiger partial charge on any atom is 0.224 e. The Hall–Kier alpha value is -1.88. The number of oxazole rings is 1. The third-order valence-electron chi connectivity index (χ3n) is 2.72. The Morgan fingerprint density at radius 1 is 1.56 bits per heavy atom. The second-order valence-electron chi connectivity index (χ2n) is 4.51. The number of anilines is 1. The van der Waals surface area contributed by atoms with Gasteiger partial charge >= 0.3 is 0 Å². The van der Waals surface area contributed by atoms with Crippen LogP contribution in [0.4, 0.5) is 5.69 Å². The van der Waals surface area contributed by atoms with Crippen molar-refractivity contribution >= 4 is 22.7 Å². The average Bonchev–Trinajstić information content (AvgIpc) is 2.68. The lowest BCUT2D eigenvalue weighted by Crippen LogP contribution is -2.19. The molecule has 2 aromatic rings. The van der Waals surface area contributed by atoms with Gasteiger partial charge in [0.1, 0.15) is 5.52 Å². The first-order chi connectivity index (χ1) is 8.58. The van der Waals surface area contributed by atoms with E-state index in [-0.39, 0.29) is 11.8 Å². The average molecular weight is 247 g/mol. The summed E-state index contributed by atoms with van der Waals surface area (Å²) in [6.45, 7) is 4.25. The molecule has 18 heavy (non-hydrogen) atoms. The minimum atomic E-state index is -0.0384. The van der Waals surface area contributed by atoms with E-state index >= 15 is 0 Å². The van der Waals surface area contributed by atoms with Crippen molar-refractivity contribution in [3.8, 4) is 0 Å². The van der Waals surface area contributed by atoms with Crippen molar-refractivity contribution in [1.29, 1.82) is 0 Å². The molecule has 1 heterocycles. The van der Waals surface area contributed by atoms with Crippen LogP contribution in [0.25, 0.3) is 11.1 Å². The van der Waals surface area contributed by atoms with Gasteiger partial charge in [0.15, 0.2) is 11.5 Å². The van der Waals surface area contributed by atoms with E-state index in [4.69, 9.17) is 10.2 Å². The van der Waals surface area contributed by atoms with Gasteiger partial charge in [-0.05, 0) is 24.6 Å². The molecular weight excluding hydrogens is 230 g/mol. The Morgan fingerprint density at radius 3 is 3.06 bits per heavy atom. The molecule has 0 saturated heterocycles. The second-order valence-corrected chi connectivity index (χ2v) is 4.51. The molecule has 0 aliphatic heterocycles. The molecule has 1 aromatic carbocycles. The number of fused-ring (bicyclic) bond motifs is 1. The smallest absolute Gasteiger partial charge is 0.224 e. The fourth-order valence-electron chi connectivity index (χ4n) is 1.73. The van der Waals surface area contributed by atoms with Crippen LogP contribution in [0.2, 0.25) is 0 Å². The van der Waals surface area contributed by atoms with Crippen molar-refractivity contribution < 1.29 is 9.21 Å². The zero-order valence-corrected chi connectivity index (χ0v) is 10.6. The normalized spacial score (nSPS) is 12.6. The zero-order valence-electron chi connectivity index (χ0n) is 10.6. The molecule has 2 rings (SSSR count). The Balaban J connectivity index is 2.09. The van der Waals surface area contributed by atoms with Crippen molar-refractivity contribution in [2.24, 2.45) is 11.7 Å². The van der Waals surface area contributed by atoms with Gasteiger partial charge in [-0.15, -0.1) is 0 Å². The van der Waals surface area contributed by atoms with Gasteiger partial charge in [0.05, 0.1) is 0 Å². The number of benzene rings is 1. The summed E-state index contributed by atoms with van der Waals surface area (Å²) in [5, 5.41) is 2.83. The monoisotopic (exact) mass is 247 g/mol. The van der Waals surface area contributed by atoms with E-state index in [1.165, 1.54) is 0 Å². The Morgan fingerprint density at radius 2 is 2.33 bits per heavy atom. The van der Waals surface area contributed by atoms with E-state index in [0.29, 0.717) is 30.1 Å². The molecule has 1 unspecified atom stereocenters. The molecule has 0 fully saturated rings. The van der Waals surface area contributed by atoms with Gasteiger partial charge < -0.3 is 15.5 Å². The molecule has 3 N–H and O–H groups in total. The fourth-order valence-corrected chi connectivity index (χ4v) is 1.73. The van der Waals surface area contributed by atoms with Crippen LogP contribution in [0, 0.1) is 12.8 Å². The van der Waals surface area contributed by atoms with E-state index in [1.807, 2.05) is 19.1 Å². The third kappa shape index (κ3) is 2.87. The van der Waals surface area contributed by atoms with Crippen LogP contribution in [0.3, 0.4) is 0 Å². The van der Waals surface area contributed by atoms with E-state index in [9.17, 15) is 4.79 Å². The van der Waals surface area contributed by atoms with Crippen LogP contribution in [0.5, 0.6) is 0 Å². The molecule has 1 amide bonds.